The minimum absolute atomic E-state index is 0.0624. The zero-order valence-corrected chi connectivity index (χ0v) is 17.9. The van der Waals surface area contributed by atoms with E-state index in [1.165, 1.54) is 12.1 Å². The van der Waals surface area contributed by atoms with Crippen molar-refractivity contribution in [2.45, 2.75) is 43.6 Å². The number of hydrogen-bond acceptors (Lipinski definition) is 3. The second-order valence-corrected chi connectivity index (χ2v) is 9.13. The van der Waals surface area contributed by atoms with Gasteiger partial charge >= 0.3 is 0 Å². The molecule has 1 spiro atoms. The normalized spacial score (nSPS) is 24.1. The number of ether oxygens (including phenoxy) is 1. The Morgan fingerprint density at radius 1 is 1.03 bits per heavy atom. The number of halogens is 2. The van der Waals surface area contributed by atoms with E-state index in [4.69, 9.17) is 4.74 Å². The molecule has 6 nitrogen and oxygen atoms in total. The van der Waals surface area contributed by atoms with Crippen LogP contribution in [0.2, 0.25) is 0 Å². The van der Waals surface area contributed by atoms with Gasteiger partial charge in [-0.05, 0) is 48.7 Å². The lowest BCUT2D eigenvalue weighted by Gasteiger charge is -2.37. The maximum absolute atomic E-state index is 13.8. The molecule has 2 unspecified atom stereocenters. The Morgan fingerprint density at radius 3 is 2.52 bits per heavy atom. The molecule has 1 aromatic carbocycles. The van der Waals surface area contributed by atoms with Gasteiger partial charge in [0.15, 0.2) is 5.60 Å². The summed E-state index contributed by atoms with van der Waals surface area (Å²) in [6.45, 7) is 0.827. The first-order chi connectivity index (χ1) is 15.9. The molecule has 2 aromatic heterocycles. The van der Waals surface area contributed by atoms with Crippen molar-refractivity contribution in [3.63, 3.8) is 0 Å². The Labute approximate surface area is 189 Å². The van der Waals surface area contributed by atoms with Crippen molar-refractivity contribution < 1.29 is 23.1 Å². The summed E-state index contributed by atoms with van der Waals surface area (Å²) >= 11 is 0. The summed E-state index contributed by atoms with van der Waals surface area (Å²) in [5, 5.41) is 0. The number of amides is 2. The molecule has 5 heterocycles. The number of aromatic nitrogens is 1. The van der Waals surface area contributed by atoms with Crippen molar-refractivity contribution in [1.82, 2.24) is 14.2 Å². The number of fused-ring (bicyclic) bond motifs is 2. The van der Waals surface area contributed by atoms with Crippen LogP contribution < -0.4 is 0 Å². The topological polar surface area (TPSA) is 54.3 Å². The molecular formula is C25H23F2N3O3. The van der Waals surface area contributed by atoms with Crippen LogP contribution in [0.15, 0.2) is 54.9 Å². The van der Waals surface area contributed by atoms with Gasteiger partial charge < -0.3 is 18.9 Å². The zero-order valence-electron chi connectivity index (χ0n) is 17.9. The second-order valence-electron chi connectivity index (χ2n) is 9.13. The van der Waals surface area contributed by atoms with E-state index >= 15 is 0 Å². The average Bonchev–Trinajstić information content (AvgIpc) is 3.48. The van der Waals surface area contributed by atoms with Gasteiger partial charge in [0, 0.05) is 49.9 Å². The Hall–Kier alpha value is -3.26. The first-order valence-corrected chi connectivity index (χ1v) is 11.3. The number of piperidine rings is 1. The SMILES string of the molecule is O=C(c1cc2ccccn2c1)N1CCC2(CC1)OC1CCC(c3cc(F)cc(F)c3)N1C2=O. The summed E-state index contributed by atoms with van der Waals surface area (Å²) < 4.78 is 35.7. The molecule has 0 bridgehead atoms. The number of rotatable bonds is 2. The molecule has 0 aliphatic carbocycles. The van der Waals surface area contributed by atoms with Crippen molar-refractivity contribution in [1.29, 1.82) is 0 Å². The van der Waals surface area contributed by atoms with Crippen molar-refractivity contribution in [3.8, 4) is 0 Å². The third-order valence-electron chi connectivity index (χ3n) is 7.20. The van der Waals surface area contributed by atoms with Gasteiger partial charge in [0.2, 0.25) is 0 Å². The monoisotopic (exact) mass is 451 g/mol. The highest BCUT2D eigenvalue weighted by molar-refractivity contribution is 5.96. The molecular weight excluding hydrogens is 428 g/mol. The zero-order chi connectivity index (χ0) is 22.7. The molecule has 8 heteroatoms. The summed E-state index contributed by atoms with van der Waals surface area (Å²) in [5.74, 6) is -1.50. The highest BCUT2D eigenvalue weighted by Crippen LogP contribution is 2.47. The molecule has 0 radical (unpaired) electrons. The molecule has 0 saturated carbocycles. The number of carbonyl (C=O) groups is 2. The largest absolute Gasteiger partial charge is 0.342 e. The summed E-state index contributed by atoms with van der Waals surface area (Å²) in [6.07, 6.45) is 5.35. The number of benzene rings is 1. The van der Waals surface area contributed by atoms with Gasteiger partial charge in [-0.15, -0.1) is 0 Å². The molecule has 170 valence electrons. The highest BCUT2D eigenvalue weighted by atomic mass is 19.1. The molecule has 6 rings (SSSR count). The summed E-state index contributed by atoms with van der Waals surface area (Å²) in [5.41, 5.74) is 1.04. The van der Waals surface area contributed by atoms with E-state index in [0.29, 0.717) is 49.9 Å². The fraction of sp³-hybridized carbons (Fsp3) is 0.360. The molecule has 2 atom stereocenters. The van der Waals surface area contributed by atoms with Gasteiger partial charge in [-0.25, -0.2) is 8.78 Å². The lowest BCUT2D eigenvalue weighted by atomic mass is 9.89. The molecule has 2 amide bonds. The maximum Gasteiger partial charge on any atom is 0.257 e. The van der Waals surface area contributed by atoms with Gasteiger partial charge in [0.1, 0.15) is 17.9 Å². The van der Waals surface area contributed by atoms with Gasteiger partial charge in [-0.1, -0.05) is 6.07 Å². The number of hydrogen-bond donors (Lipinski definition) is 0. The molecule has 0 N–H and O–H groups in total. The Morgan fingerprint density at radius 2 is 1.79 bits per heavy atom. The third-order valence-corrected chi connectivity index (χ3v) is 7.20. The van der Waals surface area contributed by atoms with Gasteiger partial charge in [-0.3, -0.25) is 9.59 Å². The van der Waals surface area contributed by atoms with E-state index in [0.717, 1.165) is 11.6 Å². The quantitative estimate of drug-likeness (QED) is 0.594. The summed E-state index contributed by atoms with van der Waals surface area (Å²) in [7, 11) is 0. The molecule has 3 aromatic rings. The fourth-order valence-corrected chi connectivity index (χ4v) is 5.57. The van der Waals surface area contributed by atoms with Crippen LogP contribution in [0.5, 0.6) is 0 Å². The maximum atomic E-state index is 13.8. The van der Waals surface area contributed by atoms with E-state index in [1.807, 2.05) is 41.1 Å². The molecule has 3 aliphatic rings. The first kappa shape index (κ1) is 20.4. The minimum atomic E-state index is -0.975. The van der Waals surface area contributed by atoms with Crippen LogP contribution in [-0.2, 0) is 9.53 Å². The number of likely N-dealkylation sites (tertiary alicyclic amines) is 1. The number of carbonyl (C=O) groups excluding carboxylic acids is 2. The number of pyridine rings is 1. The van der Waals surface area contributed by atoms with Crippen LogP contribution >= 0.6 is 0 Å². The molecule has 3 aliphatic heterocycles. The van der Waals surface area contributed by atoms with E-state index < -0.39 is 29.5 Å². The van der Waals surface area contributed by atoms with E-state index in [1.54, 1.807) is 9.80 Å². The third kappa shape index (κ3) is 3.23. The van der Waals surface area contributed by atoms with Crippen LogP contribution in [0.25, 0.3) is 5.52 Å². The second kappa shape index (κ2) is 7.38. The van der Waals surface area contributed by atoms with Crippen LogP contribution in [0, 0.1) is 11.6 Å². The molecule has 33 heavy (non-hydrogen) atoms. The van der Waals surface area contributed by atoms with E-state index in [2.05, 4.69) is 0 Å². The highest BCUT2D eigenvalue weighted by Gasteiger charge is 2.58. The predicted octanol–water partition coefficient (Wildman–Crippen LogP) is 3.91. The van der Waals surface area contributed by atoms with Crippen molar-refractivity contribution in [3.05, 3.63) is 77.6 Å². The average molecular weight is 451 g/mol. The van der Waals surface area contributed by atoms with Crippen molar-refractivity contribution in [2.24, 2.45) is 0 Å². The fourth-order valence-electron chi connectivity index (χ4n) is 5.57. The Bertz CT molecular complexity index is 1210. The van der Waals surface area contributed by atoms with Crippen molar-refractivity contribution >= 4 is 17.3 Å². The molecule has 3 fully saturated rings. The van der Waals surface area contributed by atoms with Gasteiger partial charge in [0.05, 0.1) is 11.6 Å². The first-order valence-electron chi connectivity index (χ1n) is 11.3. The number of nitrogens with zero attached hydrogens (tertiary/aromatic N) is 3. The van der Waals surface area contributed by atoms with Crippen molar-refractivity contribution in [2.75, 3.05) is 13.1 Å². The lowest BCUT2D eigenvalue weighted by Crippen LogP contribution is -2.51. The smallest absolute Gasteiger partial charge is 0.257 e. The van der Waals surface area contributed by atoms with E-state index in [-0.39, 0.29) is 11.8 Å². The van der Waals surface area contributed by atoms with Crippen LogP contribution in [0.4, 0.5) is 8.78 Å². The lowest BCUT2D eigenvalue weighted by molar-refractivity contribution is -0.142. The molecule has 3 saturated heterocycles. The van der Waals surface area contributed by atoms with Crippen LogP contribution in [0.3, 0.4) is 0 Å². The predicted molar refractivity (Wildman–Crippen MR) is 115 cm³/mol. The van der Waals surface area contributed by atoms with E-state index in [9.17, 15) is 18.4 Å². The standard InChI is InChI=1S/C25H23F2N3O3/c26-18-11-16(12-19(27)14-18)21-4-5-22-30(21)24(32)25(33-22)6-9-28(10-7-25)23(31)17-13-20-3-1-2-8-29(20)15-17/h1-3,8,11-15,21-22H,4-7,9-10H2. The van der Waals surface area contributed by atoms with Gasteiger partial charge in [-0.2, -0.15) is 0 Å². The summed E-state index contributed by atoms with van der Waals surface area (Å²) in [6, 6.07) is 10.7. The minimum Gasteiger partial charge on any atom is -0.342 e. The van der Waals surface area contributed by atoms with Gasteiger partial charge in [0.25, 0.3) is 11.8 Å². The van der Waals surface area contributed by atoms with Crippen LogP contribution in [-0.4, -0.2) is 50.9 Å². The Balaban J connectivity index is 1.18. The Kier molecular flexibility index (Phi) is 4.55. The van der Waals surface area contributed by atoms with Crippen LogP contribution in [0.1, 0.15) is 47.6 Å². The summed E-state index contributed by atoms with van der Waals surface area (Å²) in [4.78, 5) is 30.0.